The Labute approximate surface area is 253 Å². The molecule has 4 rings (SSSR count). The summed E-state index contributed by atoms with van der Waals surface area (Å²) in [5.41, 5.74) is 1.83. The van der Waals surface area contributed by atoms with Crippen LogP contribution < -0.4 is 5.32 Å². The maximum absolute atomic E-state index is 13.1. The number of nitrogens with one attached hydrogen (secondary N) is 1. The van der Waals surface area contributed by atoms with E-state index < -0.39 is 42.5 Å². The molecule has 0 radical (unpaired) electrons. The smallest absolute Gasteiger partial charge is 0.408 e. The van der Waals surface area contributed by atoms with Gasteiger partial charge in [-0.05, 0) is 29.5 Å². The Bertz CT molecular complexity index is 1530. The van der Waals surface area contributed by atoms with Gasteiger partial charge in [-0.25, -0.2) is 19.4 Å². The second-order valence-electron chi connectivity index (χ2n) is 9.37. The van der Waals surface area contributed by atoms with Gasteiger partial charge in [0.15, 0.2) is 0 Å². The van der Waals surface area contributed by atoms with Gasteiger partial charge in [0.2, 0.25) is 0 Å². The van der Waals surface area contributed by atoms with E-state index in [1.54, 1.807) is 41.1 Å². The fraction of sp³-hybridized carbons (Fsp3) is 0.219. The van der Waals surface area contributed by atoms with Crippen molar-refractivity contribution in [2.45, 2.75) is 36.6 Å². The van der Waals surface area contributed by atoms with Crippen LogP contribution in [0.5, 0.6) is 0 Å². The quantitative estimate of drug-likeness (QED) is 0.0996. The van der Waals surface area contributed by atoms with Crippen LogP contribution in [-0.4, -0.2) is 46.9 Å². The van der Waals surface area contributed by atoms with Crippen molar-refractivity contribution in [3.8, 4) is 0 Å². The van der Waals surface area contributed by atoms with E-state index in [4.69, 9.17) is 14.2 Å². The number of methoxy groups -OCH3 is 1. The van der Waals surface area contributed by atoms with Crippen LogP contribution in [0.2, 0.25) is 0 Å². The summed E-state index contributed by atoms with van der Waals surface area (Å²) in [6, 6.07) is 24.5. The average molecular weight is 602 g/mol. The van der Waals surface area contributed by atoms with Gasteiger partial charge in [0.1, 0.15) is 29.5 Å². The third kappa shape index (κ3) is 8.79. The molecule has 2 atom stereocenters. The molecule has 0 saturated carbocycles. The highest BCUT2D eigenvalue weighted by Crippen LogP contribution is 2.28. The first-order valence-electron chi connectivity index (χ1n) is 13.4. The number of rotatable bonds is 12. The molecule has 10 nitrogen and oxygen atoms in total. The summed E-state index contributed by atoms with van der Waals surface area (Å²) < 4.78 is 17.2. The van der Waals surface area contributed by atoms with Gasteiger partial charge >= 0.3 is 24.0 Å². The predicted octanol–water partition coefficient (Wildman–Crippen LogP) is 5.30. The van der Waals surface area contributed by atoms with Crippen molar-refractivity contribution in [1.29, 1.82) is 0 Å². The summed E-state index contributed by atoms with van der Waals surface area (Å²) in [6.45, 7) is -0.0143. The Morgan fingerprint density at radius 2 is 1.49 bits per heavy atom. The Kier molecular flexibility index (Phi) is 11.1. The average Bonchev–Trinajstić information content (AvgIpc) is 3.47. The lowest BCUT2D eigenvalue weighted by Gasteiger charge is -2.23. The molecule has 4 aromatic rings. The first kappa shape index (κ1) is 31.0. The van der Waals surface area contributed by atoms with E-state index in [1.807, 2.05) is 54.8 Å². The highest BCUT2D eigenvalue weighted by Gasteiger charge is 2.32. The SMILES string of the molecule is COC(=O)[C@H](Cc1ccccc1)n1cc(SC)nc1[C@H](CC(=O)OC(=O)c1ccccc1)NC(=O)OCc1ccccc1. The van der Waals surface area contributed by atoms with Crippen LogP contribution >= 0.6 is 11.8 Å². The zero-order chi connectivity index (χ0) is 30.6. The summed E-state index contributed by atoms with van der Waals surface area (Å²) in [7, 11) is 1.29. The van der Waals surface area contributed by atoms with Gasteiger partial charge in [-0.1, -0.05) is 78.9 Å². The van der Waals surface area contributed by atoms with Gasteiger partial charge in [0.05, 0.1) is 19.1 Å². The van der Waals surface area contributed by atoms with Gasteiger partial charge < -0.3 is 24.1 Å². The molecule has 0 bridgehead atoms. The Hall–Kier alpha value is -4.90. The molecule has 3 aromatic carbocycles. The monoisotopic (exact) mass is 601 g/mol. The molecule has 11 heteroatoms. The van der Waals surface area contributed by atoms with Gasteiger partial charge in [-0.2, -0.15) is 0 Å². The summed E-state index contributed by atoms with van der Waals surface area (Å²) in [5, 5.41) is 3.22. The van der Waals surface area contributed by atoms with Crippen LogP contribution in [0.4, 0.5) is 4.79 Å². The number of aromatic nitrogens is 2. The molecule has 1 amide bonds. The molecule has 43 heavy (non-hydrogen) atoms. The molecule has 1 heterocycles. The molecule has 0 aliphatic heterocycles. The number of hydrogen-bond acceptors (Lipinski definition) is 9. The van der Waals surface area contributed by atoms with Crippen LogP contribution in [0.15, 0.2) is 102 Å². The Morgan fingerprint density at radius 3 is 2.09 bits per heavy atom. The van der Waals surface area contributed by atoms with Gasteiger partial charge in [-0.15, -0.1) is 11.8 Å². The van der Waals surface area contributed by atoms with Crippen LogP contribution in [-0.2, 0) is 36.8 Å². The normalized spacial score (nSPS) is 12.0. The van der Waals surface area contributed by atoms with Crippen LogP contribution in [0.25, 0.3) is 0 Å². The third-order valence-electron chi connectivity index (χ3n) is 6.43. The number of carbonyl (C=O) groups is 4. The van der Waals surface area contributed by atoms with Crippen molar-refractivity contribution in [3.05, 3.63) is 120 Å². The van der Waals surface area contributed by atoms with E-state index in [-0.39, 0.29) is 24.4 Å². The summed E-state index contributed by atoms with van der Waals surface area (Å²) in [5.74, 6) is -2.08. The first-order chi connectivity index (χ1) is 20.9. The van der Waals surface area contributed by atoms with Crippen molar-refractivity contribution in [2.24, 2.45) is 0 Å². The number of esters is 3. The number of hydrogen-bond donors (Lipinski definition) is 1. The number of ether oxygens (including phenoxy) is 3. The molecule has 0 unspecified atom stereocenters. The summed E-state index contributed by atoms with van der Waals surface area (Å²) >= 11 is 1.32. The number of thioether (sulfide) groups is 1. The van der Waals surface area contributed by atoms with Gasteiger partial charge in [0, 0.05) is 12.6 Å². The number of amides is 1. The van der Waals surface area contributed by atoms with Crippen LogP contribution in [0.1, 0.15) is 45.8 Å². The fourth-order valence-electron chi connectivity index (χ4n) is 4.32. The first-order valence-corrected chi connectivity index (χ1v) is 14.6. The van der Waals surface area contributed by atoms with E-state index in [0.717, 1.165) is 11.1 Å². The van der Waals surface area contributed by atoms with E-state index in [1.165, 1.54) is 31.0 Å². The van der Waals surface area contributed by atoms with Crippen LogP contribution in [0.3, 0.4) is 0 Å². The number of benzene rings is 3. The molecule has 0 saturated heterocycles. The lowest BCUT2D eigenvalue weighted by Crippen LogP contribution is -2.35. The minimum absolute atomic E-state index is 0.0143. The fourth-order valence-corrected chi connectivity index (χ4v) is 4.72. The lowest BCUT2D eigenvalue weighted by molar-refractivity contribution is -0.144. The zero-order valence-electron chi connectivity index (χ0n) is 23.7. The number of alkyl carbamates (subject to hydrolysis) is 1. The minimum atomic E-state index is -1.12. The van der Waals surface area contributed by atoms with E-state index >= 15 is 0 Å². The standard InChI is InChI=1S/C32H31N3O7S/c1-40-31(38)26(18-22-12-6-3-7-13-22)35-20-27(43-2)34-29(35)25(33-32(39)41-21-23-14-8-4-9-15-23)19-28(36)42-30(37)24-16-10-5-11-17-24/h3-17,20,25-26H,18-19,21H2,1-2H3,(H,33,39)/t25-,26-/m0/s1. The Morgan fingerprint density at radius 1 is 0.884 bits per heavy atom. The maximum Gasteiger partial charge on any atom is 0.408 e. The predicted molar refractivity (Wildman–Crippen MR) is 159 cm³/mol. The summed E-state index contributed by atoms with van der Waals surface area (Å²) in [4.78, 5) is 56.3. The number of imidazole rings is 1. The molecule has 1 N–H and O–H groups in total. The van der Waals surface area contributed by atoms with Gasteiger partial charge in [0.25, 0.3) is 0 Å². The molecule has 0 spiro atoms. The molecule has 0 fully saturated rings. The van der Waals surface area contributed by atoms with Crippen molar-refractivity contribution in [3.63, 3.8) is 0 Å². The largest absolute Gasteiger partial charge is 0.467 e. The highest BCUT2D eigenvalue weighted by atomic mass is 32.2. The van der Waals surface area contributed by atoms with Crippen LogP contribution in [0, 0.1) is 0 Å². The number of carbonyl (C=O) groups excluding carboxylic acids is 4. The van der Waals surface area contributed by atoms with E-state index in [9.17, 15) is 19.2 Å². The van der Waals surface area contributed by atoms with Crippen molar-refractivity contribution in [2.75, 3.05) is 13.4 Å². The second-order valence-corrected chi connectivity index (χ2v) is 10.2. The minimum Gasteiger partial charge on any atom is -0.467 e. The topological polar surface area (TPSA) is 126 Å². The zero-order valence-corrected chi connectivity index (χ0v) is 24.5. The third-order valence-corrected chi connectivity index (χ3v) is 7.05. The van der Waals surface area contributed by atoms with Crippen molar-refractivity contribution < 1.29 is 33.4 Å². The maximum atomic E-state index is 13.1. The molecular weight excluding hydrogens is 570 g/mol. The van der Waals surface area contributed by atoms with Crippen molar-refractivity contribution in [1.82, 2.24) is 14.9 Å². The highest BCUT2D eigenvalue weighted by molar-refractivity contribution is 7.98. The molecule has 0 aliphatic carbocycles. The molecule has 0 aliphatic rings. The van der Waals surface area contributed by atoms with Crippen molar-refractivity contribution >= 4 is 35.8 Å². The molecule has 222 valence electrons. The molecule has 1 aromatic heterocycles. The summed E-state index contributed by atoms with van der Waals surface area (Å²) in [6.07, 6.45) is 2.43. The second kappa shape index (κ2) is 15.4. The van der Waals surface area contributed by atoms with Gasteiger partial charge in [-0.3, -0.25) is 4.79 Å². The molecular formula is C32H31N3O7S. The number of nitrogens with zero attached hydrogens (tertiary/aromatic N) is 2. The lowest BCUT2D eigenvalue weighted by atomic mass is 10.0. The Balaban J connectivity index is 1.64. The van der Waals surface area contributed by atoms with E-state index in [0.29, 0.717) is 5.03 Å². The van der Waals surface area contributed by atoms with E-state index in [2.05, 4.69) is 10.3 Å².